The Balaban J connectivity index is 1.29. The first kappa shape index (κ1) is 17.9. The summed E-state index contributed by atoms with van der Waals surface area (Å²) in [4.78, 5) is 19.0. The third-order valence-electron chi connectivity index (χ3n) is 5.31. The van der Waals surface area contributed by atoms with Gasteiger partial charge >= 0.3 is 0 Å². The van der Waals surface area contributed by atoms with Gasteiger partial charge in [-0.2, -0.15) is 0 Å². The van der Waals surface area contributed by atoms with E-state index in [1.807, 2.05) is 29.2 Å². The summed E-state index contributed by atoms with van der Waals surface area (Å²) in [5.41, 5.74) is 6.71. The smallest absolute Gasteiger partial charge is 0.241 e. The van der Waals surface area contributed by atoms with Crippen molar-refractivity contribution in [1.82, 2.24) is 20.7 Å². The number of carbonyl (C=O) groups excluding carboxylic acids is 1. The molecule has 4 rings (SSSR count). The van der Waals surface area contributed by atoms with E-state index in [1.54, 1.807) is 18.3 Å². The fourth-order valence-electron chi connectivity index (χ4n) is 3.80. The Kier molecular flexibility index (Phi) is 5.31. The summed E-state index contributed by atoms with van der Waals surface area (Å²) in [5, 5.41) is 3.43. The molecule has 2 atom stereocenters. The highest BCUT2D eigenvalue weighted by molar-refractivity contribution is 5.82. The molecule has 0 radical (unpaired) electrons. The average Bonchev–Trinajstić information content (AvgIpc) is 3.19. The second kappa shape index (κ2) is 8.02. The van der Waals surface area contributed by atoms with E-state index in [0.29, 0.717) is 31.1 Å². The Labute approximate surface area is 158 Å². The van der Waals surface area contributed by atoms with E-state index in [4.69, 9.17) is 0 Å². The van der Waals surface area contributed by atoms with E-state index in [0.717, 1.165) is 18.7 Å². The number of hydrogen-bond acceptors (Lipinski definition) is 5. The predicted octanol–water partition coefficient (Wildman–Crippen LogP) is 2.23. The van der Waals surface area contributed by atoms with Gasteiger partial charge in [-0.1, -0.05) is 24.3 Å². The van der Waals surface area contributed by atoms with Crippen LogP contribution >= 0.6 is 0 Å². The minimum absolute atomic E-state index is 0.0811. The van der Waals surface area contributed by atoms with Crippen molar-refractivity contribution in [2.45, 2.75) is 37.4 Å². The van der Waals surface area contributed by atoms with Gasteiger partial charge in [0.2, 0.25) is 5.91 Å². The molecule has 6 nitrogen and oxygen atoms in total. The van der Waals surface area contributed by atoms with Crippen LogP contribution in [0.1, 0.15) is 30.9 Å². The number of anilines is 1. The molecular weight excluding hydrogens is 345 g/mol. The number of nitrogens with zero attached hydrogens (tertiary/aromatic N) is 2. The highest BCUT2D eigenvalue weighted by Crippen LogP contribution is 2.26. The molecule has 2 unspecified atom stereocenters. The Bertz CT molecular complexity index is 779. The lowest BCUT2D eigenvalue weighted by Gasteiger charge is -2.34. The third kappa shape index (κ3) is 4.09. The Morgan fingerprint density at radius 3 is 2.63 bits per heavy atom. The van der Waals surface area contributed by atoms with Crippen LogP contribution in [-0.4, -0.2) is 41.0 Å². The molecule has 3 N–H and O–H groups in total. The van der Waals surface area contributed by atoms with E-state index in [1.165, 1.54) is 6.07 Å². The fourth-order valence-corrected chi connectivity index (χ4v) is 3.80. The van der Waals surface area contributed by atoms with Gasteiger partial charge in [-0.3, -0.25) is 4.79 Å². The van der Waals surface area contributed by atoms with Gasteiger partial charge < -0.3 is 10.2 Å². The van der Waals surface area contributed by atoms with E-state index in [9.17, 15) is 9.18 Å². The molecule has 27 heavy (non-hydrogen) atoms. The van der Waals surface area contributed by atoms with Crippen molar-refractivity contribution >= 4 is 11.7 Å². The molecule has 2 aliphatic heterocycles. The number of hydrogen-bond donors (Lipinski definition) is 3. The van der Waals surface area contributed by atoms with Crippen molar-refractivity contribution in [1.29, 1.82) is 0 Å². The van der Waals surface area contributed by atoms with E-state index < -0.39 is 0 Å². The van der Waals surface area contributed by atoms with E-state index >= 15 is 0 Å². The largest absolute Gasteiger partial charge is 0.367 e. The number of carbonyl (C=O) groups is 1. The summed E-state index contributed by atoms with van der Waals surface area (Å²) in [7, 11) is 0. The number of benzene rings is 1. The molecule has 2 aliphatic rings. The van der Waals surface area contributed by atoms with Crippen molar-refractivity contribution in [3.63, 3.8) is 0 Å². The quantitative estimate of drug-likeness (QED) is 0.771. The van der Waals surface area contributed by atoms with Crippen LogP contribution in [0, 0.1) is 5.82 Å². The zero-order chi connectivity index (χ0) is 18.6. The van der Waals surface area contributed by atoms with Crippen molar-refractivity contribution in [3.05, 3.63) is 60.0 Å². The molecule has 1 amide bonds. The van der Waals surface area contributed by atoms with Gasteiger partial charge in [0.15, 0.2) is 0 Å². The van der Waals surface area contributed by atoms with Crippen molar-refractivity contribution in [3.8, 4) is 0 Å². The van der Waals surface area contributed by atoms with Gasteiger partial charge in [0.05, 0.1) is 6.04 Å². The van der Waals surface area contributed by atoms with Gasteiger partial charge in [0, 0.05) is 30.9 Å². The average molecular weight is 369 g/mol. The van der Waals surface area contributed by atoms with Gasteiger partial charge in [-0.15, -0.1) is 0 Å². The molecule has 0 bridgehead atoms. The molecule has 1 aromatic carbocycles. The van der Waals surface area contributed by atoms with Crippen LogP contribution < -0.4 is 16.2 Å². The number of piperidine rings is 1. The highest BCUT2D eigenvalue weighted by Gasteiger charge is 2.35. The molecule has 0 saturated carbocycles. The van der Waals surface area contributed by atoms with Crippen LogP contribution in [0.15, 0.2) is 48.7 Å². The molecule has 1 aromatic heterocycles. The molecule has 3 heterocycles. The molecule has 2 aromatic rings. The van der Waals surface area contributed by atoms with Gasteiger partial charge in [-0.05, 0) is 37.5 Å². The van der Waals surface area contributed by atoms with Crippen LogP contribution in [0.2, 0.25) is 0 Å². The number of pyridine rings is 1. The molecular formula is C20H24FN5O. The third-order valence-corrected chi connectivity index (χ3v) is 5.31. The maximum absolute atomic E-state index is 14.0. The number of hydrazine groups is 1. The topological polar surface area (TPSA) is 69.3 Å². The normalized spacial score (nSPS) is 23.4. The summed E-state index contributed by atoms with van der Waals surface area (Å²) < 4.78 is 14.0. The predicted molar refractivity (Wildman–Crippen MR) is 101 cm³/mol. The van der Waals surface area contributed by atoms with E-state index in [2.05, 4.69) is 21.2 Å². The van der Waals surface area contributed by atoms with Crippen molar-refractivity contribution < 1.29 is 9.18 Å². The second-order valence-electron chi connectivity index (χ2n) is 7.11. The first-order chi connectivity index (χ1) is 13.2. The lowest BCUT2D eigenvalue weighted by atomic mass is 9.99. The molecule has 2 fully saturated rings. The zero-order valence-electron chi connectivity index (χ0n) is 15.1. The van der Waals surface area contributed by atoms with E-state index in [-0.39, 0.29) is 23.8 Å². The molecule has 142 valence electrons. The van der Waals surface area contributed by atoms with Crippen LogP contribution in [0.4, 0.5) is 10.2 Å². The first-order valence-electron chi connectivity index (χ1n) is 9.42. The molecule has 0 spiro atoms. The maximum Gasteiger partial charge on any atom is 0.241 e. The van der Waals surface area contributed by atoms with Crippen LogP contribution in [0.3, 0.4) is 0 Å². The number of rotatable bonds is 4. The molecule has 7 heteroatoms. The van der Waals surface area contributed by atoms with Gasteiger partial charge in [0.1, 0.15) is 17.7 Å². The standard InChI is InChI=1S/C20H24FN5O/c21-16-6-2-1-5-15(16)17-13-18(25-24-17)20(27)26-11-8-14(9-12-26)23-19-7-3-4-10-22-19/h1-7,10,14,17-18,24-25H,8-9,11-13H2,(H,22,23). The van der Waals surface area contributed by atoms with Crippen LogP contribution in [-0.2, 0) is 4.79 Å². The van der Waals surface area contributed by atoms with Crippen molar-refractivity contribution in [2.75, 3.05) is 18.4 Å². The van der Waals surface area contributed by atoms with Crippen LogP contribution in [0.25, 0.3) is 0 Å². The number of likely N-dealkylation sites (tertiary alicyclic amines) is 1. The number of halogens is 1. The fraction of sp³-hybridized carbons (Fsp3) is 0.400. The van der Waals surface area contributed by atoms with Gasteiger partial charge in [-0.25, -0.2) is 20.2 Å². The first-order valence-corrected chi connectivity index (χ1v) is 9.42. The summed E-state index contributed by atoms with van der Waals surface area (Å²) in [5.74, 6) is 0.709. The Hall–Kier alpha value is -2.51. The second-order valence-corrected chi connectivity index (χ2v) is 7.11. The van der Waals surface area contributed by atoms with Crippen LogP contribution in [0.5, 0.6) is 0 Å². The summed E-state index contributed by atoms with van der Waals surface area (Å²) in [6.45, 7) is 1.43. The zero-order valence-corrected chi connectivity index (χ0v) is 15.1. The highest BCUT2D eigenvalue weighted by atomic mass is 19.1. The summed E-state index contributed by atoms with van der Waals surface area (Å²) in [6.07, 6.45) is 4.09. The lowest BCUT2D eigenvalue weighted by Crippen LogP contribution is -2.49. The lowest BCUT2D eigenvalue weighted by molar-refractivity contribution is -0.134. The summed E-state index contributed by atoms with van der Waals surface area (Å²) in [6, 6.07) is 12.3. The minimum Gasteiger partial charge on any atom is -0.367 e. The number of amides is 1. The van der Waals surface area contributed by atoms with Gasteiger partial charge in [0.25, 0.3) is 0 Å². The number of nitrogens with one attached hydrogen (secondary N) is 3. The SMILES string of the molecule is O=C(C1CC(c2ccccc2F)NN1)N1CCC(Nc2ccccn2)CC1. The molecule has 2 saturated heterocycles. The summed E-state index contributed by atoms with van der Waals surface area (Å²) >= 11 is 0. The number of aromatic nitrogens is 1. The monoisotopic (exact) mass is 369 g/mol. The van der Waals surface area contributed by atoms with Crippen molar-refractivity contribution in [2.24, 2.45) is 0 Å². The maximum atomic E-state index is 14.0. The Morgan fingerprint density at radius 1 is 1.11 bits per heavy atom. The minimum atomic E-state index is -0.324. The Morgan fingerprint density at radius 2 is 1.89 bits per heavy atom. The molecule has 0 aliphatic carbocycles.